The molecule has 0 spiro atoms. The van der Waals surface area contributed by atoms with E-state index < -0.39 is 5.60 Å². The summed E-state index contributed by atoms with van der Waals surface area (Å²) in [4.78, 5) is 11.8. The summed E-state index contributed by atoms with van der Waals surface area (Å²) in [7, 11) is 0. The number of ether oxygens (including phenoxy) is 1. The van der Waals surface area contributed by atoms with E-state index in [9.17, 15) is 9.90 Å². The molecule has 104 valence electrons. The lowest BCUT2D eigenvalue weighted by Crippen LogP contribution is -2.46. The topological polar surface area (TPSA) is 58.6 Å². The minimum atomic E-state index is -0.680. The van der Waals surface area contributed by atoms with Crippen LogP contribution < -0.4 is 5.32 Å². The maximum absolute atomic E-state index is 11.8. The van der Waals surface area contributed by atoms with E-state index in [1.54, 1.807) is 0 Å². The van der Waals surface area contributed by atoms with Crippen molar-refractivity contribution in [3.63, 3.8) is 0 Å². The molecule has 0 aromatic heterocycles. The van der Waals surface area contributed by atoms with Crippen molar-refractivity contribution < 1.29 is 14.6 Å². The van der Waals surface area contributed by atoms with Gasteiger partial charge in [-0.15, -0.1) is 0 Å². The van der Waals surface area contributed by atoms with Crippen molar-refractivity contribution in [3.05, 3.63) is 0 Å². The Balaban J connectivity index is 1.73. The van der Waals surface area contributed by atoms with Gasteiger partial charge in [-0.25, -0.2) is 0 Å². The van der Waals surface area contributed by atoms with Crippen LogP contribution in [0.5, 0.6) is 0 Å². The summed E-state index contributed by atoms with van der Waals surface area (Å²) in [5, 5.41) is 13.3. The van der Waals surface area contributed by atoms with Crippen molar-refractivity contribution in [2.24, 2.45) is 11.8 Å². The Labute approximate surface area is 109 Å². The predicted octanol–water partition coefficient (Wildman–Crippen LogP) is 1.47. The fourth-order valence-electron chi connectivity index (χ4n) is 2.94. The molecule has 2 aliphatic rings. The molecule has 1 aliphatic heterocycles. The third-order valence-electron chi connectivity index (χ3n) is 4.51. The van der Waals surface area contributed by atoms with Crippen molar-refractivity contribution in [1.29, 1.82) is 0 Å². The van der Waals surface area contributed by atoms with Crippen molar-refractivity contribution in [1.82, 2.24) is 5.32 Å². The molecule has 0 aromatic carbocycles. The van der Waals surface area contributed by atoms with Crippen LogP contribution in [-0.2, 0) is 9.53 Å². The van der Waals surface area contributed by atoms with Crippen molar-refractivity contribution in [2.45, 2.75) is 51.0 Å². The van der Waals surface area contributed by atoms with Gasteiger partial charge in [-0.1, -0.05) is 13.3 Å². The van der Waals surface area contributed by atoms with Crippen LogP contribution in [-0.4, -0.2) is 36.4 Å². The lowest BCUT2D eigenvalue weighted by Gasteiger charge is -2.36. The van der Waals surface area contributed by atoms with E-state index in [-0.39, 0.29) is 11.8 Å². The number of hydrogen-bond donors (Lipinski definition) is 2. The van der Waals surface area contributed by atoms with Gasteiger partial charge in [0.25, 0.3) is 0 Å². The first-order chi connectivity index (χ1) is 8.63. The first-order valence-electron chi connectivity index (χ1n) is 7.21. The van der Waals surface area contributed by atoms with Crippen LogP contribution in [0.4, 0.5) is 0 Å². The highest BCUT2D eigenvalue weighted by atomic mass is 16.5. The zero-order chi connectivity index (χ0) is 13.0. The number of rotatable bonds is 4. The molecule has 18 heavy (non-hydrogen) atoms. The van der Waals surface area contributed by atoms with Gasteiger partial charge in [0.05, 0.1) is 18.1 Å². The molecule has 2 rings (SSSR count). The summed E-state index contributed by atoms with van der Waals surface area (Å²) in [5.41, 5.74) is -0.680. The van der Waals surface area contributed by atoms with Gasteiger partial charge in [0.2, 0.25) is 5.91 Å². The molecule has 4 heteroatoms. The molecule has 1 atom stereocenters. The van der Waals surface area contributed by atoms with E-state index in [0.717, 1.165) is 38.0 Å². The molecular weight excluding hydrogens is 230 g/mol. The van der Waals surface area contributed by atoms with E-state index in [0.29, 0.717) is 19.8 Å². The zero-order valence-electron chi connectivity index (χ0n) is 11.3. The molecular formula is C14H25NO3. The maximum Gasteiger partial charge on any atom is 0.225 e. The summed E-state index contributed by atoms with van der Waals surface area (Å²) in [6.45, 7) is 3.82. The number of nitrogens with one attached hydrogen (secondary N) is 1. The quantitative estimate of drug-likeness (QED) is 0.800. The Morgan fingerprint density at radius 2 is 2.11 bits per heavy atom. The fraction of sp³-hybridized carbons (Fsp3) is 0.929. The molecule has 0 aromatic rings. The first kappa shape index (κ1) is 13.8. The van der Waals surface area contributed by atoms with Gasteiger partial charge < -0.3 is 15.2 Å². The van der Waals surface area contributed by atoms with E-state index >= 15 is 0 Å². The number of aliphatic hydroxyl groups is 1. The summed E-state index contributed by atoms with van der Waals surface area (Å²) in [6.07, 6.45) is 5.79. The van der Waals surface area contributed by atoms with Crippen LogP contribution in [0.25, 0.3) is 0 Å². The van der Waals surface area contributed by atoms with Crippen LogP contribution in [0.15, 0.2) is 0 Å². The molecule has 1 heterocycles. The van der Waals surface area contributed by atoms with Gasteiger partial charge in [-0.05, 0) is 38.0 Å². The Bertz CT molecular complexity index is 279. The average Bonchev–Trinajstić information content (AvgIpc) is 2.91. The average molecular weight is 255 g/mol. The summed E-state index contributed by atoms with van der Waals surface area (Å²) >= 11 is 0. The molecule has 2 fully saturated rings. The van der Waals surface area contributed by atoms with Crippen molar-refractivity contribution >= 4 is 5.91 Å². The second-order valence-electron chi connectivity index (χ2n) is 5.85. The maximum atomic E-state index is 11.8. The molecule has 0 radical (unpaired) electrons. The Morgan fingerprint density at radius 1 is 1.39 bits per heavy atom. The third-order valence-corrected chi connectivity index (χ3v) is 4.51. The highest BCUT2D eigenvalue weighted by molar-refractivity contribution is 5.79. The second kappa shape index (κ2) is 6.02. The molecule has 2 N–H and O–H groups in total. The molecule has 1 unspecified atom stereocenters. The molecule has 1 saturated carbocycles. The number of hydrogen-bond acceptors (Lipinski definition) is 3. The molecule has 1 aliphatic carbocycles. The van der Waals surface area contributed by atoms with Crippen LogP contribution >= 0.6 is 0 Å². The third kappa shape index (κ3) is 3.45. The van der Waals surface area contributed by atoms with Gasteiger partial charge in [-0.3, -0.25) is 4.79 Å². The first-order valence-corrected chi connectivity index (χ1v) is 7.21. The molecule has 0 bridgehead atoms. The lowest BCUT2D eigenvalue weighted by atomic mass is 9.78. The second-order valence-corrected chi connectivity index (χ2v) is 5.85. The predicted molar refractivity (Wildman–Crippen MR) is 69.1 cm³/mol. The smallest absolute Gasteiger partial charge is 0.225 e. The minimum Gasteiger partial charge on any atom is -0.388 e. The van der Waals surface area contributed by atoms with Crippen LogP contribution in [0.2, 0.25) is 0 Å². The van der Waals surface area contributed by atoms with E-state index in [1.165, 1.54) is 6.42 Å². The Morgan fingerprint density at radius 3 is 2.67 bits per heavy atom. The minimum absolute atomic E-state index is 0.0134. The van der Waals surface area contributed by atoms with Crippen LogP contribution in [0, 0.1) is 11.8 Å². The highest BCUT2D eigenvalue weighted by Crippen LogP contribution is 2.33. The summed E-state index contributed by atoms with van der Waals surface area (Å²) in [5.74, 6) is 0.781. The Kier molecular flexibility index (Phi) is 4.62. The summed E-state index contributed by atoms with van der Waals surface area (Å²) in [6, 6.07) is 0. The number of carbonyl (C=O) groups is 1. The zero-order valence-corrected chi connectivity index (χ0v) is 11.3. The van der Waals surface area contributed by atoms with E-state index in [1.807, 2.05) is 0 Å². The standard InChI is InChI=1S/C14H25NO3/c1-2-11-3-6-14(17,7-4-11)10-15-13(16)12-5-8-18-9-12/h11-12,17H,2-10H2,1H3,(H,15,16). The SMILES string of the molecule is CCC1CCC(O)(CNC(=O)C2CCOC2)CC1. The fourth-order valence-corrected chi connectivity index (χ4v) is 2.94. The van der Waals surface area contributed by atoms with Crippen LogP contribution in [0.3, 0.4) is 0 Å². The van der Waals surface area contributed by atoms with Gasteiger partial charge in [-0.2, -0.15) is 0 Å². The lowest BCUT2D eigenvalue weighted by molar-refractivity contribution is -0.126. The van der Waals surface area contributed by atoms with Gasteiger partial charge in [0.15, 0.2) is 0 Å². The molecule has 1 amide bonds. The largest absolute Gasteiger partial charge is 0.388 e. The van der Waals surface area contributed by atoms with E-state index in [2.05, 4.69) is 12.2 Å². The van der Waals surface area contributed by atoms with Crippen LogP contribution in [0.1, 0.15) is 45.4 Å². The van der Waals surface area contributed by atoms with Gasteiger partial charge >= 0.3 is 0 Å². The van der Waals surface area contributed by atoms with Crippen molar-refractivity contribution in [3.8, 4) is 0 Å². The van der Waals surface area contributed by atoms with Gasteiger partial charge in [0.1, 0.15) is 0 Å². The highest BCUT2D eigenvalue weighted by Gasteiger charge is 2.34. The normalized spacial score (nSPS) is 36.6. The van der Waals surface area contributed by atoms with Crippen molar-refractivity contribution in [2.75, 3.05) is 19.8 Å². The van der Waals surface area contributed by atoms with Gasteiger partial charge in [0, 0.05) is 13.2 Å². The van der Waals surface area contributed by atoms with E-state index in [4.69, 9.17) is 4.74 Å². The number of amides is 1. The summed E-state index contributed by atoms with van der Waals surface area (Å²) < 4.78 is 5.20. The Hall–Kier alpha value is -0.610. The molecule has 4 nitrogen and oxygen atoms in total. The molecule has 1 saturated heterocycles. The monoisotopic (exact) mass is 255 g/mol. The number of carbonyl (C=O) groups excluding carboxylic acids is 1.